The van der Waals surface area contributed by atoms with Crippen molar-refractivity contribution in [1.29, 1.82) is 0 Å². The van der Waals surface area contributed by atoms with Crippen LogP contribution in [0.2, 0.25) is 5.02 Å². The van der Waals surface area contributed by atoms with Crippen molar-refractivity contribution in [3.63, 3.8) is 0 Å². The molecule has 1 fully saturated rings. The number of aromatic nitrogens is 1. The number of nitrogens with zero attached hydrogens (tertiary/aromatic N) is 3. The van der Waals surface area contributed by atoms with Crippen molar-refractivity contribution < 1.29 is 4.79 Å². The van der Waals surface area contributed by atoms with Crippen LogP contribution in [-0.2, 0) is 0 Å². The highest BCUT2D eigenvalue weighted by Gasteiger charge is 2.17. The minimum absolute atomic E-state index is 0.151. The molecule has 6 heteroatoms. The number of benzene rings is 1. The van der Waals surface area contributed by atoms with Gasteiger partial charge in [0.25, 0.3) is 0 Å². The van der Waals surface area contributed by atoms with Crippen molar-refractivity contribution in [3.8, 4) is 5.69 Å². The third-order valence-electron chi connectivity index (χ3n) is 3.59. The minimum Gasteiger partial charge on any atom is -0.323 e. The lowest BCUT2D eigenvalue weighted by Crippen LogP contribution is -2.27. The molecule has 1 aromatic heterocycles. The third-order valence-corrected chi connectivity index (χ3v) is 4.75. The zero-order valence-electron chi connectivity index (χ0n) is 11.8. The maximum Gasteiger partial charge on any atom is 0.346 e. The molecule has 2 heterocycles. The molecule has 0 bridgehead atoms. The molecule has 0 saturated carbocycles. The molecule has 110 valence electrons. The van der Waals surface area contributed by atoms with Gasteiger partial charge in [0.05, 0.1) is 0 Å². The second kappa shape index (κ2) is 6.03. The molecule has 1 aliphatic heterocycles. The first-order valence-electron chi connectivity index (χ1n) is 6.91. The highest BCUT2D eigenvalue weighted by molar-refractivity contribution is 7.07. The van der Waals surface area contributed by atoms with E-state index >= 15 is 0 Å². The number of amides is 2. The number of carbonyl (C=O) groups excluding carboxylic acids is 1. The van der Waals surface area contributed by atoms with Gasteiger partial charge in [-0.2, -0.15) is 4.99 Å². The van der Waals surface area contributed by atoms with Crippen LogP contribution in [0.5, 0.6) is 0 Å². The van der Waals surface area contributed by atoms with Gasteiger partial charge in [0.1, 0.15) is 0 Å². The van der Waals surface area contributed by atoms with Crippen LogP contribution in [0.25, 0.3) is 5.69 Å². The fraction of sp³-hybridized carbons (Fsp3) is 0.333. The van der Waals surface area contributed by atoms with Crippen molar-refractivity contribution in [2.24, 2.45) is 4.99 Å². The maximum atomic E-state index is 12.1. The Balaban J connectivity index is 1.96. The highest BCUT2D eigenvalue weighted by Crippen LogP contribution is 2.19. The molecule has 1 aliphatic rings. The molecule has 21 heavy (non-hydrogen) atoms. The van der Waals surface area contributed by atoms with E-state index in [1.54, 1.807) is 4.90 Å². The summed E-state index contributed by atoms with van der Waals surface area (Å²) in [6, 6.07) is 5.69. The van der Waals surface area contributed by atoms with Crippen LogP contribution in [0.4, 0.5) is 4.79 Å². The monoisotopic (exact) mass is 321 g/mol. The van der Waals surface area contributed by atoms with Crippen LogP contribution < -0.4 is 4.80 Å². The van der Waals surface area contributed by atoms with Gasteiger partial charge in [0.15, 0.2) is 4.80 Å². The molecule has 4 nitrogen and oxygen atoms in total. The predicted octanol–water partition coefficient (Wildman–Crippen LogP) is 3.62. The molecule has 0 aliphatic carbocycles. The SMILES string of the molecule is Cc1ccc(-n2ccsc2=NC(=O)N2CCCC2)cc1Cl. The maximum absolute atomic E-state index is 12.1. The van der Waals surface area contributed by atoms with Gasteiger partial charge in [-0.3, -0.25) is 4.57 Å². The summed E-state index contributed by atoms with van der Waals surface area (Å²) >= 11 is 7.62. The van der Waals surface area contributed by atoms with Crippen LogP contribution in [0.1, 0.15) is 18.4 Å². The van der Waals surface area contributed by atoms with Crippen molar-refractivity contribution in [2.45, 2.75) is 19.8 Å². The summed E-state index contributed by atoms with van der Waals surface area (Å²) in [5.74, 6) is 0. The standard InChI is InChI=1S/C15H16ClN3OS/c1-11-4-5-12(10-13(11)16)19-8-9-21-15(19)17-14(20)18-6-2-3-7-18/h4-5,8-10H,2-3,6-7H2,1H3. The fourth-order valence-corrected chi connectivity index (χ4v) is 3.23. The number of carbonyl (C=O) groups is 1. The second-order valence-corrected chi connectivity index (χ2v) is 6.36. The first kappa shape index (κ1) is 14.4. The molecule has 0 unspecified atom stereocenters. The summed E-state index contributed by atoms with van der Waals surface area (Å²) in [6.07, 6.45) is 4.04. The second-order valence-electron chi connectivity index (χ2n) is 5.08. The zero-order valence-corrected chi connectivity index (χ0v) is 13.3. The van der Waals surface area contributed by atoms with Gasteiger partial charge in [-0.1, -0.05) is 17.7 Å². The van der Waals surface area contributed by atoms with Crippen molar-refractivity contribution in [1.82, 2.24) is 9.47 Å². The number of aryl methyl sites for hydroxylation is 1. The first-order valence-corrected chi connectivity index (χ1v) is 8.17. The summed E-state index contributed by atoms with van der Waals surface area (Å²) < 4.78 is 1.89. The Morgan fingerprint density at radius 2 is 2.10 bits per heavy atom. The van der Waals surface area contributed by atoms with Crippen LogP contribution in [0, 0.1) is 6.92 Å². The molecule has 2 amide bonds. The van der Waals surface area contributed by atoms with E-state index in [1.807, 2.05) is 41.3 Å². The average Bonchev–Trinajstić information content (AvgIpc) is 3.13. The Morgan fingerprint density at radius 1 is 1.33 bits per heavy atom. The number of thiazole rings is 1. The van der Waals surface area contributed by atoms with E-state index in [0.717, 1.165) is 37.2 Å². The first-order chi connectivity index (χ1) is 10.1. The largest absolute Gasteiger partial charge is 0.346 e. The lowest BCUT2D eigenvalue weighted by molar-refractivity contribution is 0.218. The Morgan fingerprint density at radius 3 is 2.81 bits per heavy atom. The molecule has 0 N–H and O–H groups in total. The van der Waals surface area contributed by atoms with E-state index in [1.165, 1.54) is 11.3 Å². The third kappa shape index (κ3) is 3.04. The van der Waals surface area contributed by atoms with E-state index in [0.29, 0.717) is 9.82 Å². The summed E-state index contributed by atoms with van der Waals surface area (Å²) in [7, 11) is 0. The van der Waals surface area contributed by atoms with Gasteiger partial charge in [-0.05, 0) is 37.5 Å². The summed E-state index contributed by atoms with van der Waals surface area (Å²) in [4.78, 5) is 18.9. The number of hydrogen-bond donors (Lipinski definition) is 0. The van der Waals surface area contributed by atoms with E-state index in [9.17, 15) is 4.79 Å². The van der Waals surface area contributed by atoms with Crippen molar-refractivity contribution in [3.05, 3.63) is 45.2 Å². The van der Waals surface area contributed by atoms with Crippen LogP contribution in [0.3, 0.4) is 0 Å². The smallest absolute Gasteiger partial charge is 0.323 e. The van der Waals surface area contributed by atoms with Gasteiger partial charge in [0, 0.05) is 35.4 Å². The number of rotatable bonds is 1. The summed E-state index contributed by atoms with van der Waals surface area (Å²) in [6.45, 7) is 3.58. The molecule has 2 aromatic rings. The lowest BCUT2D eigenvalue weighted by atomic mass is 10.2. The summed E-state index contributed by atoms with van der Waals surface area (Å²) in [5.41, 5.74) is 1.95. The number of likely N-dealkylation sites (tertiary alicyclic amines) is 1. The van der Waals surface area contributed by atoms with Crippen molar-refractivity contribution in [2.75, 3.05) is 13.1 Å². The van der Waals surface area contributed by atoms with Gasteiger partial charge >= 0.3 is 6.03 Å². The van der Waals surface area contributed by atoms with E-state index in [4.69, 9.17) is 11.6 Å². The number of halogens is 1. The molecular weight excluding hydrogens is 306 g/mol. The minimum atomic E-state index is -0.151. The zero-order chi connectivity index (χ0) is 14.8. The Hall–Kier alpha value is -1.59. The van der Waals surface area contributed by atoms with Gasteiger partial charge in [-0.25, -0.2) is 4.79 Å². The van der Waals surface area contributed by atoms with Gasteiger partial charge in [0.2, 0.25) is 0 Å². The molecular formula is C15H16ClN3OS. The normalized spacial score (nSPS) is 15.7. The van der Waals surface area contributed by atoms with Gasteiger partial charge < -0.3 is 4.90 Å². The average molecular weight is 322 g/mol. The molecule has 1 saturated heterocycles. The predicted molar refractivity (Wildman–Crippen MR) is 85.2 cm³/mol. The molecule has 0 atom stereocenters. The van der Waals surface area contributed by atoms with Crippen molar-refractivity contribution >= 4 is 29.0 Å². The quantitative estimate of drug-likeness (QED) is 0.790. The number of hydrogen-bond acceptors (Lipinski definition) is 2. The highest BCUT2D eigenvalue weighted by atomic mass is 35.5. The Kier molecular flexibility index (Phi) is 4.12. The molecule has 0 spiro atoms. The van der Waals surface area contributed by atoms with E-state index < -0.39 is 0 Å². The lowest BCUT2D eigenvalue weighted by Gasteiger charge is -2.10. The Bertz CT molecular complexity index is 729. The van der Waals surface area contributed by atoms with Crippen LogP contribution in [-0.4, -0.2) is 28.6 Å². The molecule has 1 aromatic carbocycles. The molecule has 3 rings (SSSR count). The number of urea groups is 1. The summed E-state index contributed by atoms with van der Waals surface area (Å²) in [5, 5.41) is 2.63. The van der Waals surface area contributed by atoms with E-state index in [-0.39, 0.29) is 6.03 Å². The van der Waals surface area contributed by atoms with Crippen LogP contribution in [0.15, 0.2) is 34.8 Å². The van der Waals surface area contributed by atoms with Crippen LogP contribution >= 0.6 is 22.9 Å². The Labute approximate surface area is 132 Å². The van der Waals surface area contributed by atoms with Gasteiger partial charge in [-0.15, -0.1) is 11.3 Å². The fourth-order valence-electron chi connectivity index (χ4n) is 2.34. The topological polar surface area (TPSA) is 37.6 Å². The van der Waals surface area contributed by atoms with E-state index in [2.05, 4.69) is 4.99 Å². The molecule has 0 radical (unpaired) electrons.